The minimum Gasteiger partial charge on any atom is -0.382 e. The Hall–Kier alpha value is -1.67. The fourth-order valence-electron chi connectivity index (χ4n) is 1.68. The van der Waals surface area contributed by atoms with Gasteiger partial charge in [-0.15, -0.1) is 11.3 Å². The van der Waals surface area contributed by atoms with Gasteiger partial charge in [0.15, 0.2) is 5.13 Å². The molecule has 2 heterocycles. The first-order valence-corrected chi connectivity index (χ1v) is 8.26. The zero-order valence-corrected chi connectivity index (χ0v) is 14.1. The second kappa shape index (κ2) is 6.40. The Bertz CT molecular complexity index is 636. The summed E-state index contributed by atoms with van der Waals surface area (Å²) in [5.41, 5.74) is 5.85. The van der Waals surface area contributed by atoms with Crippen LogP contribution < -0.4 is 16.0 Å². The van der Waals surface area contributed by atoms with Crippen molar-refractivity contribution in [1.29, 1.82) is 0 Å². The van der Waals surface area contributed by atoms with Gasteiger partial charge in [0.2, 0.25) is 0 Å². The van der Waals surface area contributed by atoms with Crippen LogP contribution in [0.15, 0.2) is 6.20 Å². The summed E-state index contributed by atoms with van der Waals surface area (Å²) in [7, 11) is 1.92. The predicted octanol–water partition coefficient (Wildman–Crippen LogP) is 2.44. The molecule has 0 aromatic carbocycles. The lowest BCUT2D eigenvalue weighted by Gasteiger charge is -2.11. The Labute approximate surface area is 132 Å². The molecular formula is C13H19N5OS2. The summed E-state index contributed by atoms with van der Waals surface area (Å²) in [5.74, 6) is 0.0661. The smallest absolute Gasteiger partial charge is 0.265 e. The molecule has 0 saturated carbocycles. The van der Waals surface area contributed by atoms with Crippen LogP contribution in [0, 0.1) is 6.92 Å². The Morgan fingerprint density at radius 1 is 1.52 bits per heavy atom. The van der Waals surface area contributed by atoms with Gasteiger partial charge in [-0.1, -0.05) is 11.3 Å². The molecule has 1 atom stereocenters. The highest BCUT2D eigenvalue weighted by molar-refractivity contribution is 7.18. The monoisotopic (exact) mass is 325 g/mol. The number of carbonyl (C=O) groups excluding carboxylic acids is 1. The lowest BCUT2D eigenvalue weighted by Crippen LogP contribution is -2.26. The highest BCUT2D eigenvalue weighted by atomic mass is 32.1. The van der Waals surface area contributed by atoms with E-state index >= 15 is 0 Å². The first kappa shape index (κ1) is 15.7. The summed E-state index contributed by atoms with van der Waals surface area (Å²) in [6, 6.07) is -0.148. The number of carbonyl (C=O) groups is 1. The van der Waals surface area contributed by atoms with Gasteiger partial charge in [-0.25, -0.2) is 9.97 Å². The van der Waals surface area contributed by atoms with Gasteiger partial charge >= 0.3 is 0 Å². The zero-order valence-electron chi connectivity index (χ0n) is 12.5. The van der Waals surface area contributed by atoms with Crippen molar-refractivity contribution in [2.75, 3.05) is 24.2 Å². The topological polar surface area (TPSA) is 84.1 Å². The Balaban J connectivity index is 2.11. The summed E-state index contributed by atoms with van der Waals surface area (Å²) in [5, 5.41) is 4.55. The van der Waals surface area contributed by atoms with Crippen molar-refractivity contribution < 1.29 is 4.79 Å². The molecule has 3 N–H and O–H groups in total. The standard InChI is InChI=1S/C13H19N5OS2/c1-5-18(4)13-17-10(14)9(21-13)11(19)16-8(3)12-15-6-7(2)20-12/h6,8H,5,14H2,1-4H3,(H,16,19). The maximum Gasteiger partial charge on any atom is 0.265 e. The molecule has 0 radical (unpaired) electrons. The molecule has 0 aliphatic carbocycles. The van der Waals surface area contributed by atoms with Crippen molar-refractivity contribution in [3.05, 3.63) is 21.0 Å². The summed E-state index contributed by atoms with van der Waals surface area (Å²) < 4.78 is 0. The Morgan fingerprint density at radius 2 is 2.24 bits per heavy atom. The van der Waals surface area contributed by atoms with E-state index in [1.54, 1.807) is 17.5 Å². The first-order chi connectivity index (χ1) is 9.92. The Morgan fingerprint density at radius 3 is 2.81 bits per heavy atom. The molecule has 6 nitrogen and oxygen atoms in total. The van der Waals surface area contributed by atoms with Crippen molar-refractivity contribution in [2.24, 2.45) is 0 Å². The molecule has 0 spiro atoms. The highest BCUT2D eigenvalue weighted by Crippen LogP contribution is 2.28. The van der Waals surface area contributed by atoms with Crippen LogP contribution in [-0.4, -0.2) is 29.5 Å². The minimum absolute atomic E-state index is 0.148. The molecule has 8 heteroatoms. The zero-order chi connectivity index (χ0) is 15.6. The molecule has 0 saturated heterocycles. The molecule has 0 aliphatic heterocycles. The normalized spacial score (nSPS) is 12.2. The predicted molar refractivity (Wildman–Crippen MR) is 88.2 cm³/mol. The van der Waals surface area contributed by atoms with Gasteiger partial charge in [-0.2, -0.15) is 0 Å². The number of nitrogens with one attached hydrogen (secondary N) is 1. The average molecular weight is 325 g/mol. The maximum absolute atomic E-state index is 12.3. The SMILES string of the molecule is CCN(C)c1nc(N)c(C(=O)NC(C)c2ncc(C)s2)s1. The number of thiazole rings is 2. The van der Waals surface area contributed by atoms with Gasteiger partial charge in [0.05, 0.1) is 6.04 Å². The maximum atomic E-state index is 12.3. The van der Waals surface area contributed by atoms with E-state index in [2.05, 4.69) is 15.3 Å². The van der Waals surface area contributed by atoms with E-state index in [9.17, 15) is 4.79 Å². The van der Waals surface area contributed by atoms with Gasteiger partial charge in [0.25, 0.3) is 5.91 Å². The fourth-order valence-corrected chi connectivity index (χ4v) is 3.37. The fraction of sp³-hybridized carbons (Fsp3) is 0.462. The summed E-state index contributed by atoms with van der Waals surface area (Å²) >= 11 is 2.88. The lowest BCUT2D eigenvalue weighted by molar-refractivity contribution is 0.0944. The third kappa shape index (κ3) is 3.51. The molecule has 2 rings (SSSR count). The number of nitrogens with zero attached hydrogens (tertiary/aromatic N) is 3. The van der Waals surface area contributed by atoms with Gasteiger partial charge in [-0.3, -0.25) is 4.79 Å². The van der Waals surface area contributed by atoms with Crippen molar-refractivity contribution in [2.45, 2.75) is 26.8 Å². The molecule has 114 valence electrons. The van der Waals surface area contributed by atoms with Crippen molar-refractivity contribution in [1.82, 2.24) is 15.3 Å². The van der Waals surface area contributed by atoms with Crippen LogP contribution in [0.2, 0.25) is 0 Å². The number of rotatable bonds is 5. The van der Waals surface area contributed by atoms with E-state index < -0.39 is 0 Å². The number of aromatic nitrogens is 2. The minimum atomic E-state index is -0.207. The van der Waals surface area contributed by atoms with Crippen LogP contribution in [-0.2, 0) is 0 Å². The van der Waals surface area contributed by atoms with E-state index in [4.69, 9.17) is 5.73 Å². The molecule has 0 bridgehead atoms. The van der Waals surface area contributed by atoms with Gasteiger partial charge in [0.1, 0.15) is 15.7 Å². The van der Waals surface area contributed by atoms with Gasteiger partial charge < -0.3 is 16.0 Å². The molecule has 2 aromatic heterocycles. The summed E-state index contributed by atoms with van der Waals surface area (Å²) in [6.45, 7) is 6.73. The van der Waals surface area contributed by atoms with Gasteiger partial charge in [0, 0.05) is 24.7 Å². The molecule has 1 amide bonds. The third-order valence-electron chi connectivity index (χ3n) is 3.01. The average Bonchev–Trinajstić information content (AvgIpc) is 3.04. The largest absolute Gasteiger partial charge is 0.382 e. The number of nitrogen functional groups attached to an aromatic ring is 1. The molecule has 21 heavy (non-hydrogen) atoms. The van der Waals surface area contributed by atoms with E-state index in [-0.39, 0.29) is 17.8 Å². The van der Waals surface area contributed by atoms with E-state index in [1.807, 2.05) is 32.7 Å². The number of aryl methyl sites for hydroxylation is 1. The van der Waals surface area contributed by atoms with E-state index in [1.165, 1.54) is 11.3 Å². The van der Waals surface area contributed by atoms with Crippen molar-refractivity contribution in [3.63, 3.8) is 0 Å². The number of nitrogens with two attached hydrogens (primary N) is 1. The second-order valence-corrected chi connectivity index (χ2v) is 6.97. The Kier molecular flexibility index (Phi) is 4.79. The van der Waals surface area contributed by atoms with Crippen LogP contribution in [0.1, 0.15) is 39.4 Å². The molecular weight excluding hydrogens is 306 g/mol. The molecule has 0 aliphatic rings. The van der Waals surface area contributed by atoms with Crippen LogP contribution in [0.4, 0.5) is 10.9 Å². The number of anilines is 2. The van der Waals surface area contributed by atoms with Crippen LogP contribution >= 0.6 is 22.7 Å². The highest BCUT2D eigenvalue weighted by Gasteiger charge is 2.20. The quantitative estimate of drug-likeness (QED) is 0.882. The lowest BCUT2D eigenvalue weighted by atomic mass is 10.3. The number of hydrogen-bond donors (Lipinski definition) is 2. The van der Waals surface area contributed by atoms with Crippen LogP contribution in [0.25, 0.3) is 0 Å². The summed E-state index contributed by atoms with van der Waals surface area (Å²) in [4.78, 5) is 24.4. The molecule has 2 aromatic rings. The number of hydrogen-bond acceptors (Lipinski definition) is 7. The van der Waals surface area contributed by atoms with Crippen LogP contribution in [0.3, 0.4) is 0 Å². The number of amides is 1. The van der Waals surface area contributed by atoms with E-state index in [0.29, 0.717) is 4.88 Å². The van der Waals surface area contributed by atoms with Crippen LogP contribution in [0.5, 0.6) is 0 Å². The third-order valence-corrected chi connectivity index (χ3v) is 5.29. The first-order valence-electron chi connectivity index (χ1n) is 6.63. The summed E-state index contributed by atoms with van der Waals surface area (Å²) in [6.07, 6.45) is 1.80. The second-order valence-electron chi connectivity index (χ2n) is 4.73. The molecule has 1 unspecified atom stereocenters. The molecule has 0 fully saturated rings. The van der Waals surface area contributed by atoms with Gasteiger partial charge in [-0.05, 0) is 20.8 Å². The van der Waals surface area contributed by atoms with E-state index in [0.717, 1.165) is 21.6 Å². The van der Waals surface area contributed by atoms with Crippen molar-refractivity contribution >= 4 is 39.5 Å². The van der Waals surface area contributed by atoms with Crippen molar-refractivity contribution in [3.8, 4) is 0 Å².